The Morgan fingerprint density at radius 1 is 1.04 bits per heavy atom. The molecule has 6 rings (SSSR count). The Morgan fingerprint density at radius 3 is 2.31 bits per heavy atom. The van der Waals surface area contributed by atoms with Crippen molar-refractivity contribution in [2.24, 2.45) is 23.7 Å². The minimum Gasteiger partial charge on any atom is -0.353 e. The Kier molecular flexibility index (Phi) is 3.84. The molecule has 1 aromatic carbocycles. The lowest BCUT2D eigenvalue weighted by atomic mass is 9.43. The minimum absolute atomic E-state index is 0.0142. The maximum absolute atomic E-state index is 13.3. The molecule has 1 heterocycles. The zero-order valence-corrected chi connectivity index (χ0v) is 15.3. The second-order valence-electron chi connectivity index (χ2n) is 9.05. The Morgan fingerprint density at radius 2 is 1.69 bits per heavy atom. The highest BCUT2D eigenvalue weighted by molar-refractivity contribution is 5.86. The van der Waals surface area contributed by atoms with Gasteiger partial charge in [-0.3, -0.25) is 9.59 Å². The zero-order valence-electron chi connectivity index (χ0n) is 15.3. The van der Waals surface area contributed by atoms with Crippen molar-refractivity contribution in [1.82, 2.24) is 10.2 Å². The van der Waals surface area contributed by atoms with Gasteiger partial charge in [-0.2, -0.15) is 0 Å². The Labute approximate surface area is 155 Å². The smallest absolute Gasteiger partial charge is 0.239 e. The zero-order chi connectivity index (χ0) is 17.7. The number of amides is 2. The van der Waals surface area contributed by atoms with Crippen LogP contribution in [0.4, 0.5) is 0 Å². The average molecular weight is 352 g/mol. The molecule has 5 fully saturated rings. The summed E-state index contributed by atoms with van der Waals surface area (Å²) in [6, 6.07) is 10.8. The molecule has 0 radical (unpaired) electrons. The quantitative estimate of drug-likeness (QED) is 0.909. The van der Waals surface area contributed by atoms with Gasteiger partial charge in [0.1, 0.15) is 0 Å². The monoisotopic (exact) mass is 352 g/mol. The van der Waals surface area contributed by atoms with Crippen molar-refractivity contribution in [3.63, 3.8) is 0 Å². The first kappa shape index (κ1) is 16.3. The van der Waals surface area contributed by atoms with Crippen LogP contribution in [0.25, 0.3) is 0 Å². The number of nitrogens with zero attached hydrogens (tertiary/aromatic N) is 1. The molecule has 4 heteroatoms. The summed E-state index contributed by atoms with van der Waals surface area (Å²) in [5.74, 6) is 3.17. The largest absolute Gasteiger partial charge is 0.353 e. The van der Waals surface area contributed by atoms with Gasteiger partial charge in [0, 0.05) is 24.9 Å². The molecule has 4 nitrogen and oxygen atoms in total. The van der Waals surface area contributed by atoms with E-state index >= 15 is 0 Å². The van der Waals surface area contributed by atoms with Crippen LogP contribution in [0.1, 0.15) is 44.1 Å². The van der Waals surface area contributed by atoms with Gasteiger partial charge in [0.15, 0.2) is 0 Å². The van der Waals surface area contributed by atoms with E-state index in [0.29, 0.717) is 31.3 Å². The molecule has 4 saturated carbocycles. The van der Waals surface area contributed by atoms with Crippen molar-refractivity contribution in [1.29, 1.82) is 0 Å². The minimum atomic E-state index is -0.0246. The first-order valence-corrected chi connectivity index (χ1v) is 10.2. The Balaban J connectivity index is 1.49. The molecule has 5 aliphatic rings. The normalized spacial score (nSPS) is 38.3. The third kappa shape index (κ3) is 2.49. The summed E-state index contributed by atoms with van der Waals surface area (Å²) in [6.07, 6.45) is 7.15. The molecule has 4 bridgehead atoms. The van der Waals surface area contributed by atoms with Crippen molar-refractivity contribution in [2.45, 2.75) is 43.9 Å². The van der Waals surface area contributed by atoms with Gasteiger partial charge < -0.3 is 10.2 Å². The Hall–Kier alpha value is -1.84. The summed E-state index contributed by atoms with van der Waals surface area (Å²) in [7, 11) is 0. The van der Waals surface area contributed by atoms with Crippen molar-refractivity contribution < 1.29 is 9.59 Å². The van der Waals surface area contributed by atoms with Gasteiger partial charge in [0.25, 0.3) is 0 Å². The summed E-state index contributed by atoms with van der Waals surface area (Å²) in [4.78, 5) is 26.8. The lowest BCUT2D eigenvalue weighted by Gasteiger charge is -2.61. The van der Waals surface area contributed by atoms with Crippen LogP contribution >= 0.6 is 0 Å². The fourth-order valence-electron chi connectivity index (χ4n) is 6.85. The number of hydrogen-bond acceptors (Lipinski definition) is 2. The number of carbonyl (C=O) groups excluding carboxylic acids is 2. The molecule has 1 N–H and O–H groups in total. The van der Waals surface area contributed by atoms with E-state index in [4.69, 9.17) is 0 Å². The van der Waals surface area contributed by atoms with Gasteiger partial charge >= 0.3 is 0 Å². The first-order valence-electron chi connectivity index (χ1n) is 10.2. The summed E-state index contributed by atoms with van der Waals surface area (Å²) >= 11 is 0. The fourth-order valence-corrected chi connectivity index (χ4v) is 6.85. The van der Waals surface area contributed by atoms with Gasteiger partial charge in [-0.15, -0.1) is 0 Å². The van der Waals surface area contributed by atoms with Crippen LogP contribution < -0.4 is 5.32 Å². The van der Waals surface area contributed by atoms with Crippen LogP contribution in [0.5, 0.6) is 0 Å². The van der Waals surface area contributed by atoms with Crippen LogP contribution in [0, 0.1) is 23.7 Å². The number of nitrogens with one attached hydrogen (secondary N) is 1. The van der Waals surface area contributed by atoms with Crippen molar-refractivity contribution in [2.75, 3.05) is 19.6 Å². The van der Waals surface area contributed by atoms with E-state index in [1.807, 2.05) is 0 Å². The maximum atomic E-state index is 13.3. The van der Waals surface area contributed by atoms with Crippen LogP contribution in [-0.2, 0) is 15.0 Å². The van der Waals surface area contributed by atoms with E-state index in [1.54, 1.807) is 4.90 Å². The van der Waals surface area contributed by atoms with Gasteiger partial charge in [-0.1, -0.05) is 30.3 Å². The first-order chi connectivity index (χ1) is 12.6. The number of hydrogen-bond donors (Lipinski definition) is 1. The summed E-state index contributed by atoms with van der Waals surface area (Å²) in [6.45, 7) is 1.46. The molecular weight excluding hydrogens is 324 g/mol. The molecule has 0 aromatic heterocycles. The molecule has 2 amide bonds. The molecule has 26 heavy (non-hydrogen) atoms. The number of carbonyl (C=O) groups is 2. The molecular formula is C22H28N2O2. The second-order valence-corrected chi connectivity index (χ2v) is 9.05. The summed E-state index contributed by atoms with van der Waals surface area (Å²) in [5, 5.41) is 2.83. The molecule has 1 aromatic rings. The highest BCUT2D eigenvalue weighted by Gasteiger charge is 2.58. The standard InChI is InChI=1S/C22H28N2O2/c25-20-14-24(7-6-23-20)21(26)13-22(17-4-2-1-3-5-17)18-9-15-8-16(11-18)12-19(22)10-15/h1-5,15-16,18-19H,6-14H2,(H,23,25). The van der Waals surface area contributed by atoms with Crippen LogP contribution in [-0.4, -0.2) is 36.3 Å². The Bertz CT molecular complexity index is 686. The van der Waals surface area contributed by atoms with E-state index in [-0.39, 0.29) is 23.8 Å². The van der Waals surface area contributed by atoms with Crippen LogP contribution in [0.15, 0.2) is 30.3 Å². The van der Waals surface area contributed by atoms with E-state index in [2.05, 4.69) is 35.6 Å². The maximum Gasteiger partial charge on any atom is 0.239 e. The molecule has 0 unspecified atom stereocenters. The van der Waals surface area contributed by atoms with E-state index in [1.165, 1.54) is 37.7 Å². The topological polar surface area (TPSA) is 49.4 Å². The highest BCUT2D eigenvalue weighted by atomic mass is 16.2. The van der Waals surface area contributed by atoms with Crippen molar-refractivity contribution in [3.05, 3.63) is 35.9 Å². The number of piperazine rings is 1. The van der Waals surface area contributed by atoms with Gasteiger partial charge in [0.05, 0.1) is 6.54 Å². The van der Waals surface area contributed by atoms with E-state index in [0.717, 1.165) is 11.8 Å². The number of benzene rings is 1. The summed E-state index contributed by atoms with van der Waals surface area (Å²) in [5.41, 5.74) is 1.35. The molecule has 1 aliphatic heterocycles. The lowest BCUT2D eigenvalue weighted by molar-refractivity contribution is -0.143. The SMILES string of the molecule is O=C1CN(C(=O)CC2(c3ccccc3)C3CC4CC(C3)CC2C4)CCN1. The van der Waals surface area contributed by atoms with Gasteiger partial charge in [-0.25, -0.2) is 0 Å². The van der Waals surface area contributed by atoms with Crippen molar-refractivity contribution in [3.8, 4) is 0 Å². The van der Waals surface area contributed by atoms with E-state index in [9.17, 15) is 9.59 Å². The van der Waals surface area contributed by atoms with Crippen LogP contribution in [0.3, 0.4) is 0 Å². The second kappa shape index (κ2) is 6.11. The lowest BCUT2D eigenvalue weighted by Crippen LogP contribution is -2.58. The molecule has 0 atom stereocenters. The third-order valence-corrected chi connectivity index (χ3v) is 7.74. The van der Waals surface area contributed by atoms with Gasteiger partial charge in [-0.05, 0) is 61.3 Å². The van der Waals surface area contributed by atoms with Crippen LogP contribution in [0.2, 0.25) is 0 Å². The average Bonchev–Trinajstić information content (AvgIpc) is 2.65. The van der Waals surface area contributed by atoms with Gasteiger partial charge in [0.2, 0.25) is 11.8 Å². The molecule has 138 valence electrons. The third-order valence-electron chi connectivity index (χ3n) is 7.74. The van der Waals surface area contributed by atoms with E-state index < -0.39 is 0 Å². The molecule has 0 spiro atoms. The predicted octanol–water partition coefficient (Wildman–Crippen LogP) is 2.73. The predicted molar refractivity (Wildman–Crippen MR) is 99.4 cm³/mol. The molecule has 4 aliphatic carbocycles. The fraction of sp³-hybridized carbons (Fsp3) is 0.636. The molecule has 1 saturated heterocycles. The number of rotatable bonds is 3. The van der Waals surface area contributed by atoms with Crippen molar-refractivity contribution >= 4 is 11.8 Å². The highest BCUT2D eigenvalue weighted by Crippen LogP contribution is 2.64. The summed E-state index contributed by atoms with van der Waals surface area (Å²) < 4.78 is 0.